The van der Waals surface area contributed by atoms with Crippen molar-refractivity contribution in [1.29, 1.82) is 0 Å². The Morgan fingerprint density at radius 1 is 1.27 bits per heavy atom. The fourth-order valence-electron chi connectivity index (χ4n) is 3.20. The number of anilines is 2. The van der Waals surface area contributed by atoms with Gasteiger partial charge >= 0.3 is 12.7 Å². The van der Waals surface area contributed by atoms with Gasteiger partial charge in [0, 0.05) is 11.8 Å². The maximum Gasteiger partial charge on any atom is 0.416 e. The van der Waals surface area contributed by atoms with Gasteiger partial charge in [-0.15, -0.1) is 0 Å². The summed E-state index contributed by atoms with van der Waals surface area (Å²) in [6.07, 6.45) is 0.0249. The van der Waals surface area contributed by atoms with Crippen LogP contribution >= 0.6 is 0 Å². The van der Waals surface area contributed by atoms with Crippen LogP contribution in [0.3, 0.4) is 0 Å². The van der Waals surface area contributed by atoms with E-state index in [9.17, 15) is 18.7 Å². The van der Waals surface area contributed by atoms with Crippen LogP contribution in [0.25, 0.3) is 11.4 Å². The van der Waals surface area contributed by atoms with Gasteiger partial charge in [-0.25, -0.2) is 9.78 Å². The zero-order valence-corrected chi connectivity index (χ0v) is 17.6. The summed E-state index contributed by atoms with van der Waals surface area (Å²) >= 11 is 0. The van der Waals surface area contributed by atoms with E-state index in [1.54, 1.807) is 19.9 Å². The summed E-state index contributed by atoms with van der Waals surface area (Å²) in [6.45, 7) is 0.393. The minimum atomic E-state index is -2.95. The molecule has 0 aliphatic carbocycles. The molecule has 4 rings (SSSR count). The molecule has 13 heteroatoms. The van der Waals surface area contributed by atoms with E-state index >= 15 is 0 Å². The van der Waals surface area contributed by atoms with E-state index in [1.807, 2.05) is 0 Å². The molecule has 0 saturated carbocycles. The van der Waals surface area contributed by atoms with Gasteiger partial charge in [-0.3, -0.25) is 4.90 Å². The lowest BCUT2D eigenvalue weighted by atomic mass is 10.2. The van der Waals surface area contributed by atoms with E-state index in [0.717, 1.165) is 0 Å². The second-order valence-electron chi connectivity index (χ2n) is 7.22. The zero-order chi connectivity index (χ0) is 23.5. The number of hydrogen-bond donors (Lipinski definition) is 2. The van der Waals surface area contributed by atoms with E-state index in [2.05, 4.69) is 30.2 Å². The number of ether oxygens (including phenoxy) is 2. The van der Waals surface area contributed by atoms with Crippen LogP contribution in [-0.4, -0.2) is 56.7 Å². The van der Waals surface area contributed by atoms with Crippen molar-refractivity contribution in [2.24, 2.45) is 0 Å². The number of nitrogens with one attached hydrogen (secondary N) is 1. The quantitative estimate of drug-likeness (QED) is 0.514. The SMILES string of the molecule is C[C@H](Nc1nccc(N2C(=O)OC[C@@H]2[C@@H](C)O)n1)c1nc(-c2cccc(OC(F)F)c2)no1. The van der Waals surface area contributed by atoms with Crippen LogP contribution in [0.4, 0.5) is 25.3 Å². The monoisotopic (exact) mass is 462 g/mol. The minimum absolute atomic E-state index is 0.0267. The Hall–Kier alpha value is -3.87. The van der Waals surface area contributed by atoms with E-state index in [4.69, 9.17) is 9.26 Å². The second-order valence-corrected chi connectivity index (χ2v) is 7.22. The normalized spacial score (nSPS) is 17.7. The summed E-state index contributed by atoms with van der Waals surface area (Å²) in [7, 11) is 0. The Balaban J connectivity index is 1.49. The largest absolute Gasteiger partial charge is 0.447 e. The number of alkyl halides is 2. The van der Waals surface area contributed by atoms with Gasteiger partial charge < -0.3 is 24.4 Å². The first kappa shape index (κ1) is 22.3. The molecule has 0 radical (unpaired) electrons. The average molecular weight is 462 g/mol. The smallest absolute Gasteiger partial charge is 0.416 e. The molecule has 1 saturated heterocycles. The van der Waals surface area contributed by atoms with Crippen molar-refractivity contribution in [2.45, 2.75) is 38.6 Å². The van der Waals surface area contributed by atoms with Gasteiger partial charge in [-0.1, -0.05) is 17.3 Å². The summed E-state index contributed by atoms with van der Waals surface area (Å²) < 4.78 is 39.6. The van der Waals surface area contributed by atoms with Crippen molar-refractivity contribution in [3.8, 4) is 17.1 Å². The van der Waals surface area contributed by atoms with Gasteiger partial charge in [0.05, 0.1) is 6.10 Å². The molecule has 3 aromatic rings. The van der Waals surface area contributed by atoms with Gasteiger partial charge in [-0.2, -0.15) is 18.7 Å². The molecule has 3 heterocycles. The highest BCUT2D eigenvalue weighted by Gasteiger charge is 2.38. The molecule has 11 nitrogen and oxygen atoms in total. The van der Waals surface area contributed by atoms with Gasteiger partial charge in [0.1, 0.15) is 30.3 Å². The Morgan fingerprint density at radius 2 is 2.09 bits per heavy atom. The Bertz CT molecular complexity index is 1130. The number of amides is 1. The number of cyclic esters (lactones) is 1. The Labute approximate surface area is 186 Å². The number of benzene rings is 1. The molecule has 0 spiro atoms. The standard InChI is InChI=1S/C20H20F2N6O5/c1-10(17-26-16(27-33-17)12-4-3-5-13(8-12)32-18(21)22)24-19-23-7-6-15(25-19)28-14(11(2)29)9-31-20(28)30/h3-8,10-11,14,18,29H,9H2,1-2H3,(H,23,24,25)/t10-,11+,14+/m0/s1. The molecule has 2 aromatic heterocycles. The lowest BCUT2D eigenvalue weighted by Gasteiger charge is -2.22. The van der Waals surface area contributed by atoms with E-state index in [1.165, 1.54) is 35.4 Å². The van der Waals surface area contributed by atoms with Gasteiger partial charge in [-0.05, 0) is 32.0 Å². The molecule has 1 aliphatic rings. The van der Waals surface area contributed by atoms with Gasteiger partial charge in [0.2, 0.25) is 17.7 Å². The number of carbonyl (C=O) groups is 1. The lowest BCUT2D eigenvalue weighted by molar-refractivity contribution is -0.0498. The predicted octanol–water partition coefficient (Wildman–Crippen LogP) is 3.01. The van der Waals surface area contributed by atoms with Crippen LogP contribution in [0.1, 0.15) is 25.8 Å². The molecule has 174 valence electrons. The summed E-state index contributed by atoms with van der Waals surface area (Å²) in [5.74, 6) is 0.793. The minimum Gasteiger partial charge on any atom is -0.447 e. The Morgan fingerprint density at radius 3 is 2.85 bits per heavy atom. The third-order valence-corrected chi connectivity index (χ3v) is 4.83. The molecule has 1 amide bonds. The van der Waals surface area contributed by atoms with Crippen LogP contribution in [0.2, 0.25) is 0 Å². The number of aliphatic hydroxyl groups is 1. The molecule has 2 N–H and O–H groups in total. The van der Waals surface area contributed by atoms with Crippen LogP contribution < -0.4 is 15.0 Å². The van der Waals surface area contributed by atoms with E-state index in [0.29, 0.717) is 5.56 Å². The van der Waals surface area contributed by atoms with Crippen molar-refractivity contribution < 1.29 is 32.7 Å². The van der Waals surface area contributed by atoms with E-state index < -0.39 is 30.9 Å². The van der Waals surface area contributed by atoms with Crippen LogP contribution in [-0.2, 0) is 4.74 Å². The third kappa shape index (κ3) is 4.98. The van der Waals surface area contributed by atoms with Gasteiger partial charge in [0.15, 0.2) is 0 Å². The fourth-order valence-corrected chi connectivity index (χ4v) is 3.20. The molecular weight excluding hydrogens is 442 g/mol. The first-order chi connectivity index (χ1) is 15.8. The predicted molar refractivity (Wildman–Crippen MR) is 110 cm³/mol. The molecular formula is C20H20F2N6O5. The van der Waals surface area contributed by atoms with Gasteiger partial charge in [0.25, 0.3) is 0 Å². The van der Waals surface area contributed by atoms with Crippen LogP contribution in [0.5, 0.6) is 5.75 Å². The number of rotatable bonds is 8. The summed E-state index contributed by atoms with van der Waals surface area (Å²) in [5, 5.41) is 16.8. The molecule has 3 atom stereocenters. The number of aliphatic hydroxyl groups excluding tert-OH is 1. The number of carbonyl (C=O) groups excluding carboxylic acids is 1. The zero-order valence-electron chi connectivity index (χ0n) is 17.6. The average Bonchev–Trinajstić information content (AvgIpc) is 3.41. The third-order valence-electron chi connectivity index (χ3n) is 4.83. The number of halogens is 2. The molecule has 1 aliphatic heterocycles. The first-order valence-electron chi connectivity index (χ1n) is 9.94. The number of aromatic nitrogens is 4. The molecule has 0 unspecified atom stereocenters. The summed E-state index contributed by atoms with van der Waals surface area (Å²) in [5.41, 5.74) is 0.435. The van der Waals surface area contributed by atoms with Crippen molar-refractivity contribution in [1.82, 2.24) is 20.1 Å². The highest BCUT2D eigenvalue weighted by atomic mass is 19.3. The molecule has 1 fully saturated rings. The van der Waals surface area contributed by atoms with Crippen molar-refractivity contribution in [3.05, 3.63) is 42.4 Å². The maximum absolute atomic E-state index is 12.4. The van der Waals surface area contributed by atoms with E-state index in [-0.39, 0.29) is 35.8 Å². The van der Waals surface area contributed by atoms with Crippen molar-refractivity contribution >= 4 is 17.9 Å². The summed E-state index contributed by atoms with van der Waals surface area (Å²) in [4.78, 5) is 26.1. The fraction of sp³-hybridized carbons (Fsp3) is 0.350. The highest BCUT2D eigenvalue weighted by molar-refractivity contribution is 5.89. The first-order valence-corrected chi connectivity index (χ1v) is 9.94. The lowest BCUT2D eigenvalue weighted by Crippen LogP contribution is -2.41. The number of hydrogen-bond acceptors (Lipinski definition) is 10. The van der Waals surface area contributed by atoms with Crippen LogP contribution in [0.15, 0.2) is 41.1 Å². The Kier molecular flexibility index (Phi) is 6.31. The molecule has 1 aromatic carbocycles. The summed E-state index contributed by atoms with van der Waals surface area (Å²) in [6, 6.07) is 6.36. The molecule has 33 heavy (non-hydrogen) atoms. The molecule has 0 bridgehead atoms. The maximum atomic E-state index is 12.4. The van der Waals surface area contributed by atoms with Crippen molar-refractivity contribution in [2.75, 3.05) is 16.8 Å². The highest BCUT2D eigenvalue weighted by Crippen LogP contribution is 2.26. The second kappa shape index (κ2) is 9.32. The number of nitrogens with zero attached hydrogens (tertiary/aromatic N) is 5. The van der Waals surface area contributed by atoms with Crippen molar-refractivity contribution in [3.63, 3.8) is 0 Å². The van der Waals surface area contributed by atoms with Crippen LogP contribution in [0, 0.1) is 0 Å². The topological polar surface area (TPSA) is 136 Å².